The number of halogens is 1. The van der Waals surface area contributed by atoms with E-state index >= 15 is 0 Å². The summed E-state index contributed by atoms with van der Waals surface area (Å²) in [4.78, 5) is 0. The first kappa shape index (κ1) is 12.1. The summed E-state index contributed by atoms with van der Waals surface area (Å²) in [5, 5.41) is 0. The quantitative estimate of drug-likeness (QED) is 0.922. The van der Waals surface area contributed by atoms with Gasteiger partial charge in [0.2, 0.25) is 0 Å². The van der Waals surface area contributed by atoms with Crippen molar-refractivity contribution in [2.24, 2.45) is 11.7 Å². The largest absolute Gasteiger partial charge is 0.381 e. The molecular formula is C13H18BrNO. The van der Waals surface area contributed by atoms with Crippen LogP contribution in [0.15, 0.2) is 28.7 Å². The number of rotatable bonds is 4. The lowest BCUT2D eigenvalue weighted by Gasteiger charge is -2.36. The maximum Gasteiger partial charge on any atom is 0.0516 e. The smallest absolute Gasteiger partial charge is 0.0516 e. The molecule has 0 aliphatic carbocycles. The molecule has 1 aromatic carbocycles. The maximum atomic E-state index is 5.96. The fourth-order valence-electron chi connectivity index (χ4n) is 2.22. The van der Waals surface area contributed by atoms with E-state index in [2.05, 4.69) is 41.1 Å². The van der Waals surface area contributed by atoms with E-state index < -0.39 is 0 Å². The minimum atomic E-state index is 0.0677. The van der Waals surface area contributed by atoms with E-state index in [1.54, 1.807) is 0 Å². The molecule has 1 atom stereocenters. The Kier molecular flexibility index (Phi) is 3.67. The van der Waals surface area contributed by atoms with Crippen molar-refractivity contribution in [3.05, 3.63) is 34.3 Å². The van der Waals surface area contributed by atoms with Gasteiger partial charge in [-0.2, -0.15) is 0 Å². The second-order valence-electron chi connectivity index (χ2n) is 4.88. The molecule has 0 saturated carbocycles. The Morgan fingerprint density at radius 2 is 2.25 bits per heavy atom. The van der Waals surface area contributed by atoms with E-state index in [1.165, 1.54) is 5.56 Å². The summed E-state index contributed by atoms with van der Waals surface area (Å²) in [7, 11) is 0. The van der Waals surface area contributed by atoms with Crippen LogP contribution in [0.4, 0.5) is 0 Å². The molecule has 1 aliphatic heterocycles. The van der Waals surface area contributed by atoms with Crippen LogP contribution >= 0.6 is 15.9 Å². The van der Waals surface area contributed by atoms with Crippen LogP contribution < -0.4 is 5.73 Å². The highest BCUT2D eigenvalue weighted by Gasteiger charge is 2.32. The molecule has 1 heterocycles. The summed E-state index contributed by atoms with van der Waals surface area (Å²) >= 11 is 3.52. The third-order valence-electron chi connectivity index (χ3n) is 3.42. The summed E-state index contributed by atoms with van der Waals surface area (Å²) in [6, 6.07) is 8.46. The molecule has 1 unspecified atom stereocenters. The molecule has 1 aliphatic rings. The molecular weight excluding hydrogens is 266 g/mol. The second-order valence-corrected chi connectivity index (χ2v) is 5.80. The lowest BCUT2D eigenvalue weighted by Crippen LogP contribution is -2.39. The van der Waals surface area contributed by atoms with E-state index in [-0.39, 0.29) is 5.41 Å². The Bertz CT molecular complexity index is 365. The summed E-state index contributed by atoms with van der Waals surface area (Å²) in [5.74, 6) is 0.674. The monoisotopic (exact) mass is 283 g/mol. The molecule has 0 amide bonds. The zero-order valence-electron chi connectivity index (χ0n) is 9.58. The van der Waals surface area contributed by atoms with Crippen LogP contribution in [0.25, 0.3) is 0 Å². The van der Waals surface area contributed by atoms with Gasteiger partial charge in [0.05, 0.1) is 13.2 Å². The van der Waals surface area contributed by atoms with Gasteiger partial charge >= 0.3 is 0 Å². The van der Waals surface area contributed by atoms with Crippen molar-refractivity contribution < 1.29 is 4.74 Å². The van der Waals surface area contributed by atoms with E-state index in [0.29, 0.717) is 12.5 Å². The molecule has 1 saturated heterocycles. The van der Waals surface area contributed by atoms with Gasteiger partial charge < -0.3 is 10.5 Å². The standard InChI is InChI=1S/C13H18BrNO/c1-13(9-15,6-10-7-16-8-10)11-3-2-4-12(14)5-11/h2-5,10H,6-9,15H2,1H3. The Balaban J connectivity index is 2.18. The highest BCUT2D eigenvalue weighted by Crippen LogP contribution is 2.33. The second kappa shape index (κ2) is 4.86. The highest BCUT2D eigenvalue weighted by molar-refractivity contribution is 9.10. The van der Waals surface area contributed by atoms with Crippen molar-refractivity contribution in [3.63, 3.8) is 0 Å². The first-order valence-corrected chi connectivity index (χ1v) is 6.47. The molecule has 2 rings (SSSR count). The number of hydrogen-bond donors (Lipinski definition) is 1. The van der Waals surface area contributed by atoms with Crippen molar-refractivity contribution >= 4 is 15.9 Å². The van der Waals surface area contributed by atoms with Gasteiger partial charge in [-0.05, 0) is 24.1 Å². The maximum absolute atomic E-state index is 5.96. The fourth-order valence-corrected chi connectivity index (χ4v) is 2.62. The van der Waals surface area contributed by atoms with Crippen LogP contribution in [0.5, 0.6) is 0 Å². The molecule has 1 fully saturated rings. The van der Waals surface area contributed by atoms with Gasteiger partial charge in [-0.3, -0.25) is 0 Å². The predicted molar refractivity (Wildman–Crippen MR) is 69.5 cm³/mol. The third-order valence-corrected chi connectivity index (χ3v) is 3.91. The molecule has 2 N–H and O–H groups in total. The van der Waals surface area contributed by atoms with Crippen molar-refractivity contribution in [2.75, 3.05) is 19.8 Å². The molecule has 0 aromatic heterocycles. The lowest BCUT2D eigenvalue weighted by atomic mass is 9.75. The van der Waals surface area contributed by atoms with Gasteiger partial charge in [0.1, 0.15) is 0 Å². The van der Waals surface area contributed by atoms with Crippen LogP contribution in [0.1, 0.15) is 18.9 Å². The lowest BCUT2D eigenvalue weighted by molar-refractivity contribution is -0.0441. The van der Waals surface area contributed by atoms with Crippen molar-refractivity contribution in [1.29, 1.82) is 0 Å². The molecule has 0 radical (unpaired) electrons. The SMILES string of the molecule is CC(CN)(CC1COC1)c1cccc(Br)c1. The summed E-state index contributed by atoms with van der Waals surface area (Å²) in [6.07, 6.45) is 1.11. The molecule has 0 bridgehead atoms. The summed E-state index contributed by atoms with van der Waals surface area (Å²) in [5.41, 5.74) is 7.34. The summed E-state index contributed by atoms with van der Waals surface area (Å²) < 4.78 is 6.35. The zero-order valence-corrected chi connectivity index (χ0v) is 11.2. The molecule has 0 spiro atoms. The summed E-state index contributed by atoms with van der Waals surface area (Å²) in [6.45, 7) is 4.71. The van der Waals surface area contributed by atoms with Crippen molar-refractivity contribution in [1.82, 2.24) is 0 Å². The predicted octanol–water partition coefficient (Wildman–Crippen LogP) is 2.70. The van der Waals surface area contributed by atoms with Gasteiger partial charge in [0.25, 0.3) is 0 Å². The van der Waals surface area contributed by atoms with E-state index in [9.17, 15) is 0 Å². The normalized spacial score (nSPS) is 20.2. The highest BCUT2D eigenvalue weighted by atomic mass is 79.9. The molecule has 88 valence electrons. The number of nitrogens with two attached hydrogens (primary N) is 1. The van der Waals surface area contributed by atoms with Crippen LogP contribution in [-0.2, 0) is 10.2 Å². The van der Waals surface area contributed by atoms with E-state index in [4.69, 9.17) is 10.5 Å². The Labute approximate surface area is 105 Å². The minimum Gasteiger partial charge on any atom is -0.381 e. The minimum absolute atomic E-state index is 0.0677. The molecule has 2 nitrogen and oxygen atoms in total. The first-order valence-electron chi connectivity index (χ1n) is 5.68. The fraction of sp³-hybridized carbons (Fsp3) is 0.538. The van der Waals surface area contributed by atoms with Crippen molar-refractivity contribution in [2.45, 2.75) is 18.8 Å². The van der Waals surface area contributed by atoms with Gasteiger partial charge in [-0.25, -0.2) is 0 Å². The van der Waals surface area contributed by atoms with Gasteiger partial charge in [-0.1, -0.05) is 35.0 Å². The zero-order chi connectivity index (χ0) is 11.6. The van der Waals surface area contributed by atoms with Crippen LogP contribution in [0.3, 0.4) is 0 Å². The van der Waals surface area contributed by atoms with E-state index in [1.807, 2.05) is 6.07 Å². The van der Waals surface area contributed by atoms with Crippen LogP contribution in [-0.4, -0.2) is 19.8 Å². The van der Waals surface area contributed by atoms with E-state index in [0.717, 1.165) is 24.1 Å². The van der Waals surface area contributed by atoms with Gasteiger partial charge in [-0.15, -0.1) is 0 Å². The first-order chi connectivity index (χ1) is 7.64. The van der Waals surface area contributed by atoms with Crippen LogP contribution in [0.2, 0.25) is 0 Å². The molecule has 3 heteroatoms. The van der Waals surface area contributed by atoms with Gasteiger partial charge in [0.15, 0.2) is 0 Å². The Hall–Kier alpha value is -0.380. The third kappa shape index (κ3) is 2.47. The average Bonchev–Trinajstić information content (AvgIpc) is 2.23. The number of ether oxygens (including phenoxy) is 1. The topological polar surface area (TPSA) is 35.2 Å². The van der Waals surface area contributed by atoms with Crippen LogP contribution in [0, 0.1) is 5.92 Å². The Morgan fingerprint density at radius 3 is 2.75 bits per heavy atom. The van der Waals surface area contributed by atoms with Gasteiger partial charge in [0, 0.05) is 22.4 Å². The molecule has 1 aromatic rings. The number of benzene rings is 1. The van der Waals surface area contributed by atoms with Crippen molar-refractivity contribution in [3.8, 4) is 0 Å². The number of hydrogen-bond acceptors (Lipinski definition) is 2. The molecule has 16 heavy (non-hydrogen) atoms. The Morgan fingerprint density at radius 1 is 1.50 bits per heavy atom. The average molecular weight is 284 g/mol.